The monoisotopic (exact) mass is 640 g/mol. The SMILES string of the molecule is CC1(C)c2ccccc2-c2cc3c4cc5c(cc4n(-c4ccc6c(c4)c4ccccc4n6-c4ccccc4)c3cc21)C(C)(C)c1ccccc1-5. The van der Waals surface area contributed by atoms with Gasteiger partial charge in [0.15, 0.2) is 0 Å². The van der Waals surface area contributed by atoms with Crippen LogP contribution >= 0.6 is 0 Å². The molecule has 0 N–H and O–H groups in total. The summed E-state index contributed by atoms with van der Waals surface area (Å²) in [6, 6.07) is 54.6. The molecule has 0 aliphatic heterocycles. The number of nitrogens with zero attached hydrogens (tertiary/aromatic N) is 2. The second-order valence-corrected chi connectivity index (χ2v) is 15.4. The van der Waals surface area contributed by atoms with Crippen LogP contribution in [0.2, 0.25) is 0 Å². The van der Waals surface area contributed by atoms with Crippen molar-refractivity contribution in [1.29, 1.82) is 0 Å². The molecular formula is C48H36N2. The number of hydrogen-bond acceptors (Lipinski definition) is 0. The molecule has 0 radical (unpaired) electrons. The lowest BCUT2D eigenvalue weighted by atomic mass is 9.82. The summed E-state index contributed by atoms with van der Waals surface area (Å²) in [5, 5.41) is 5.15. The van der Waals surface area contributed by atoms with E-state index in [4.69, 9.17) is 0 Å². The van der Waals surface area contributed by atoms with E-state index in [0.717, 1.165) is 0 Å². The van der Waals surface area contributed by atoms with Gasteiger partial charge >= 0.3 is 0 Å². The Morgan fingerprint density at radius 1 is 0.320 bits per heavy atom. The zero-order valence-corrected chi connectivity index (χ0v) is 28.8. The minimum Gasteiger partial charge on any atom is -0.309 e. The first-order valence-corrected chi connectivity index (χ1v) is 17.8. The molecule has 0 bridgehead atoms. The first-order valence-electron chi connectivity index (χ1n) is 17.8. The third-order valence-corrected chi connectivity index (χ3v) is 12.1. The van der Waals surface area contributed by atoms with Crippen molar-refractivity contribution in [3.63, 3.8) is 0 Å². The zero-order valence-electron chi connectivity index (χ0n) is 28.8. The number of hydrogen-bond donors (Lipinski definition) is 0. The van der Waals surface area contributed by atoms with E-state index in [1.54, 1.807) is 0 Å². The molecule has 9 aromatic rings. The van der Waals surface area contributed by atoms with E-state index in [1.165, 1.54) is 99.5 Å². The average molecular weight is 641 g/mol. The highest BCUT2D eigenvalue weighted by Gasteiger charge is 2.38. The van der Waals surface area contributed by atoms with Gasteiger partial charge in [0.05, 0.1) is 22.1 Å². The van der Waals surface area contributed by atoms with E-state index < -0.39 is 0 Å². The first-order chi connectivity index (χ1) is 24.3. The van der Waals surface area contributed by atoms with Gasteiger partial charge in [0, 0.05) is 43.7 Å². The minimum atomic E-state index is -0.0862. The van der Waals surface area contributed by atoms with Gasteiger partial charge in [-0.2, -0.15) is 0 Å². The number of aromatic nitrogens is 2. The highest BCUT2D eigenvalue weighted by atomic mass is 15.0. The molecule has 0 amide bonds. The molecule has 0 spiro atoms. The molecule has 2 aliphatic rings. The Morgan fingerprint density at radius 3 is 1.42 bits per heavy atom. The summed E-state index contributed by atoms with van der Waals surface area (Å²) < 4.78 is 4.96. The number of rotatable bonds is 2. The Morgan fingerprint density at radius 2 is 0.800 bits per heavy atom. The van der Waals surface area contributed by atoms with E-state index in [9.17, 15) is 0 Å². The van der Waals surface area contributed by atoms with Crippen molar-refractivity contribution in [3.05, 3.63) is 168 Å². The highest BCUT2D eigenvalue weighted by Crippen LogP contribution is 2.54. The van der Waals surface area contributed by atoms with E-state index in [2.05, 4.69) is 182 Å². The average Bonchev–Trinajstić information content (AvgIpc) is 3.79. The van der Waals surface area contributed by atoms with E-state index in [-0.39, 0.29) is 10.8 Å². The standard InChI is InChI=1S/C48H36N2/c1-47(2)39-19-11-8-16-31(39)34-25-37-38-26-35-32-17-9-12-20-40(32)48(3,4)42(35)28-46(38)50(45(37)27-41(34)47)30-22-23-44-36(24-30)33-18-10-13-21-43(33)49(44)29-14-6-5-7-15-29/h5-28H,1-4H3. The van der Waals surface area contributed by atoms with Crippen LogP contribution < -0.4 is 0 Å². The summed E-state index contributed by atoms with van der Waals surface area (Å²) >= 11 is 0. The van der Waals surface area contributed by atoms with Gasteiger partial charge < -0.3 is 9.13 Å². The summed E-state index contributed by atoms with van der Waals surface area (Å²) in [6.07, 6.45) is 0. The molecule has 0 saturated heterocycles. The van der Waals surface area contributed by atoms with Crippen molar-refractivity contribution in [1.82, 2.24) is 9.13 Å². The second kappa shape index (κ2) is 9.43. The highest BCUT2D eigenvalue weighted by molar-refractivity contribution is 6.15. The van der Waals surface area contributed by atoms with Gasteiger partial charge in [-0.3, -0.25) is 0 Å². The predicted octanol–water partition coefficient (Wildman–Crippen LogP) is 12.5. The lowest BCUT2D eigenvalue weighted by Crippen LogP contribution is -2.15. The Bertz CT molecular complexity index is 2790. The van der Waals surface area contributed by atoms with Crippen LogP contribution in [0.1, 0.15) is 49.9 Å². The third-order valence-electron chi connectivity index (χ3n) is 12.1. The molecule has 0 fully saturated rings. The Labute approximate surface area is 291 Å². The molecule has 7 aromatic carbocycles. The van der Waals surface area contributed by atoms with Gasteiger partial charge in [-0.1, -0.05) is 113 Å². The quantitative estimate of drug-likeness (QED) is 0.178. The van der Waals surface area contributed by atoms with Gasteiger partial charge in [0.25, 0.3) is 0 Å². The summed E-state index contributed by atoms with van der Waals surface area (Å²) in [5.74, 6) is 0. The number of benzene rings is 7. The largest absolute Gasteiger partial charge is 0.309 e. The molecule has 0 unspecified atom stereocenters. The van der Waals surface area contributed by atoms with Crippen LogP contribution in [-0.4, -0.2) is 9.13 Å². The van der Waals surface area contributed by atoms with Crippen molar-refractivity contribution in [2.75, 3.05) is 0 Å². The molecule has 2 heteroatoms. The maximum absolute atomic E-state index is 2.55. The summed E-state index contributed by atoms with van der Waals surface area (Å²) in [7, 11) is 0. The van der Waals surface area contributed by atoms with E-state index in [1.807, 2.05) is 0 Å². The predicted molar refractivity (Wildman–Crippen MR) is 210 cm³/mol. The van der Waals surface area contributed by atoms with E-state index >= 15 is 0 Å². The molecule has 2 nitrogen and oxygen atoms in total. The second-order valence-electron chi connectivity index (χ2n) is 15.4. The van der Waals surface area contributed by atoms with Gasteiger partial charge in [-0.15, -0.1) is 0 Å². The first kappa shape index (κ1) is 28.0. The molecule has 50 heavy (non-hydrogen) atoms. The van der Waals surface area contributed by atoms with Crippen molar-refractivity contribution in [3.8, 4) is 33.6 Å². The topological polar surface area (TPSA) is 9.86 Å². The van der Waals surface area contributed by atoms with Crippen LogP contribution in [-0.2, 0) is 10.8 Å². The van der Waals surface area contributed by atoms with Crippen LogP contribution in [0, 0.1) is 0 Å². The smallest absolute Gasteiger partial charge is 0.0544 e. The minimum absolute atomic E-state index is 0.0862. The summed E-state index contributed by atoms with van der Waals surface area (Å²) in [4.78, 5) is 0. The Balaban J connectivity index is 1.26. The third kappa shape index (κ3) is 3.43. The van der Waals surface area contributed by atoms with Gasteiger partial charge in [0.1, 0.15) is 0 Å². The fourth-order valence-corrected chi connectivity index (χ4v) is 9.64. The van der Waals surface area contributed by atoms with Gasteiger partial charge in [-0.05, 0) is 105 Å². The Kier molecular flexibility index (Phi) is 5.28. The zero-order chi connectivity index (χ0) is 33.5. The van der Waals surface area contributed by atoms with Crippen LogP contribution in [0.25, 0.3) is 77.2 Å². The van der Waals surface area contributed by atoms with Gasteiger partial charge in [0.2, 0.25) is 0 Å². The number of para-hydroxylation sites is 2. The lowest BCUT2D eigenvalue weighted by molar-refractivity contribution is 0.660. The lowest BCUT2D eigenvalue weighted by Gasteiger charge is -2.22. The summed E-state index contributed by atoms with van der Waals surface area (Å²) in [6.45, 7) is 9.54. The molecule has 2 heterocycles. The molecule has 0 saturated carbocycles. The van der Waals surface area contributed by atoms with Crippen molar-refractivity contribution in [2.24, 2.45) is 0 Å². The van der Waals surface area contributed by atoms with E-state index in [0.29, 0.717) is 0 Å². The van der Waals surface area contributed by atoms with Crippen LogP contribution in [0.4, 0.5) is 0 Å². The van der Waals surface area contributed by atoms with Crippen LogP contribution in [0.5, 0.6) is 0 Å². The molecule has 238 valence electrons. The fraction of sp³-hybridized carbons (Fsp3) is 0.125. The molecule has 11 rings (SSSR count). The summed E-state index contributed by atoms with van der Waals surface area (Å²) in [5.41, 5.74) is 18.2. The fourth-order valence-electron chi connectivity index (χ4n) is 9.64. The number of fused-ring (bicyclic) bond motifs is 12. The van der Waals surface area contributed by atoms with Crippen LogP contribution in [0.3, 0.4) is 0 Å². The maximum atomic E-state index is 2.55. The van der Waals surface area contributed by atoms with Crippen LogP contribution in [0.15, 0.2) is 146 Å². The molecule has 2 aromatic heterocycles. The maximum Gasteiger partial charge on any atom is 0.0544 e. The molecular weight excluding hydrogens is 605 g/mol. The normalized spacial score (nSPS) is 15.1. The van der Waals surface area contributed by atoms with Gasteiger partial charge in [-0.25, -0.2) is 0 Å². The molecule has 2 aliphatic carbocycles. The molecule has 0 atom stereocenters. The Hall–Kier alpha value is -5.86. The van der Waals surface area contributed by atoms with Crippen molar-refractivity contribution in [2.45, 2.75) is 38.5 Å². The van der Waals surface area contributed by atoms with Crippen molar-refractivity contribution >= 4 is 43.6 Å². The van der Waals surface area contributed by atoms with Crippen molar-refractivity contribution < 1.29 is 0 Å².